The van der Waals surface area contributed by atoms with Crippen LogP contribution < -0.4 is 22.3 Å². The molecule has 1 aliphatic heterocycles. The fourth-order valence-electron chi connectivity index (χ4n) is 2.10. The molecule has 0 spiro atoms. The highest BCUT2D eigenvalue weighted by Crippen LogP contribution is 2.16. The Labute approximate surface area is 110 Å². The molecular formula is C10H16BrN3O3. The van der Waals surface area contributed by atoms with Crippen LogP contribution in [0, 0.1) is 0 Å². The third-order valence-corrected chi connectivity index (χ3v) is 2.88. The Balaban J connectivity index is 0.00000144. The van der Waals surface area contributed by atoms with Crippen molar-refractivity contribution in [3.63, 3.8) is 0 Å². The first kappa shape index (κ1) is 14.1. The van der Waals surface area contributed by atoms with Crippen LogP contribution in [0.3, 0.4) is 0 Å². The first-order chi connectivity index (χ1) is 7.57. The molecule has 96 valence electrons. The van der Waals surface area contributed by atoms with Crippen molar-refractivity contribution in [2.75, 3.05) is 32.0 Å². The predicted molar refractivity (Wildman–Crippen MR) is 56.5 cm³/mol. The molecule has 0 aliphatic carbocycles. The summed E-state index contributed by atoms with van der Waals surface area (Å²) in [7, 11) is 1.97. The van der Waals surface area contributed by atoms with E-state index >= 15 is 0 Å². The van der Waals surface area contributed by atoms with Gasteiger partial charge < -0.3 is 36.4 Å². The van der Waals surface area contributed by atoms with Gasteiger partial charge in [-0.05, 0) is 0 Å². The number of likely N-dealkylation sites (N-methyl/N-ethyl adjacent to an activating group) is 1. The Kier molecular flexibility index (Phi) is 4.67. The summed E-state index contributed by atoms with van der Waals surface area (Å²) in [6.45, 7) is 1.81. The summed E-state index contributed by atoms with van der Waals surface area (Å²) in [5.41, 5.74) is 0. The number of aliphatic hydroxyl groups excluding tert-OH is 1. The van der Waals surface area contributed by atoms with Gasteiger partial charge in [0.25, 0.3) is 5.91 Å². The summed E-state index contributed by atoms with van der Waals surface area (Å²) < 4.78 is 5.19. The number of halogens is 1. The van der Waals surface area contributed by atoms with Crippen LogP contribution in [0.5, 0.6) is 0 Å². The average molecular weight is 306 g/mol. The summed E-state index contributed by atoms with van der Waals surface area (Å²) in [5.74, 6) is 0.321. The molecule has 2 unspecified atom stereocenters. The number of nitrogens with zero attached hydrogens (tertiary/aromatic N) is 2. The van der Waals surface area contributed by atoms with Crippen LogP contribution in [-0.4, -0.2) is 53.4 Å². The SMILES string of the molecule is C[N+]1(CC(=O)Nc2ccon2)CCC(O)C1.[Br-]. The largest absolute Gasteiger partial charge is 1.00 e. The second kappa shape index (κ2) is 5.61. The molecule has 17 heavy (non-hydrogen) atoms. The van der Waals surface area contributed by atoms with Crippen LogP contribution >= 0.6 is 0 Å². The zero-order valence-corrected chi connectivity index (χ0v) is 11.2. The third kappa shape index (κ3) is 3.79. The minimum absolute atomic E-state index is 0. The van der Waals surface area contributed by atoms with Crippen molar-refractivity contribution >= 4 is 11.7 Å². The Morgan fingerprint density at radius 2 is 2.53 bits per heavy atom. The lowest BCUT2D eigenvalue weighted by molar-refractivity contribution is -0.890. The summed E-state index contributed by atoms with van der Waals surface area (Å²) in [6, 6.07) is 1.59. The monoisotopic (exact) mass is 305 g/mol. The van der Waals surface area contributed by atoms with Crippen LogP contribution in [0.25, 0.3) is 0 Å². The van der Waals surface area contributed by atoms with Gasteiger partial charge in [-0.2, -0.15) is 0 Å². The Morgan fingerprint density at radius 3 is 3.06 bits per heavy atom. The van der Waals surface area contributed by atoms with Gasteiger partial charge in [0.1, 0.15) is 18.9 Å². The van der Waals surface area contributed by atoms with E-state index in [2.05, 4.69) is 15.0 Å². The molecule has 2 N–H and O–H groups in total. The molecule has 2 heterocycles. The topological polar surface area (TPSA) is 75.4 Å². The van der Waals surface area contributed by atoms with Gasteiger partial charge in [0.05, 0.1) is 13.6 Å². The second-order valence-corrected chi connectivity index (χ2v) is 4.56. The van der Waals surface area contributed by atoms with E-state index in [0.717, 1.165) is 13.0 Å². The van der Waals surface area contributed by atoms with Crippen LogP contribution in [0.2, 0.25) is 0 Å². The molecule has 1 aromatic heterocycles. The van der Waals surface area contributed by atoms with Gasteiger partial charge in [-0.3, -0.25) is 4.79 Å². The average Bonchev–Trinajstić information content (AvgIpc) is 2.76. The first-order valence-electron chi connectivity index (χ1n) is 5.29. The highest BCUT2D eigenvalue weighted by atomic mass is 79.9. The molecule has 6 nitrogen and oxygen atoms in total. The number of amides is 1. The first-order valence-corrected chi connectivity index (χ1v) is 5.29. The zero-order valence-electron chi connectivity index (χ0n) is 9.60. The van der Waals surface area contributed by atoms with Crippen LogP contribution in [0.15, 0.2) is 16.9 Å². The van der Waals surface area contributed by atoms with Gasteiger partial charge in [0.2, 0.25) is 0 Å². The van der Waals surface area contributed by atoms with Crippen molar-refractivity contribution in [2.45, 2.75) is 12.5 Å². The minimum Gasteiger partial charge on any atom is -1.00 e. The van der Waals surface area contributed by atoms with Gasteiger partial charge in [0, 0.05) is 12.5 Å². The maximum Gasteiger partial charge on any atom is 0.280 e. The van der Waals surface area contributed by atoms with Crippen molar-refractivity contribution < 1.29 is 35.9 Å². The minimum atomic E-state index is -0.287. The number of aromatic nitrogens is 1. The fourth-order valence-corrected chi connectivity index (χ4v) is 2.10. The summed E-state index contributed by atoms with van der Waals surface area (Å²) in [5, 5.41) is 15.7. The van der Waals surface area contributed by atoms with E-state index in [1.165, 1.54) is 6.26 Å². The molecule has 0 saturated carbocycles. The number of hydrogen-bond acceptors (Lipinski definition) is 4. The zero-order chi connectivity index (χ0) is 11.6. The highest BCUT2D eigenvalue weighted by Gasteiger charge is 2.35. The van der Waals surface area contributed by atoms with Crippen LogP contribution in [0.4, 0.5) is 5.82 Å². The highest BCUT2D eigenvalue weighted by molar-refractivity contribution is 5.90. The maximum atomic E-state index is 11.7. The summed E-state index contributed by atoms with van der Waals surface area (Å²) >= 11 is 0. The molecule has 1 saturated heterocycles. The molecule has 1 amide bonds. The molecule has 0 radical (unpaired) electrons. The van der Waals surface area contributed by atoms with E-state index in [4.69, 9.17) is 0 Å². The Bertz CT molecular complexity index is 371. The number of carbonyl (C=O) groups excluding carboxylic acids is 1. The van der Waals surface area contributed by atoms with Crippen molar-refractivity contribution in [2.24, 2.45) is 0 Å². The number of likely N-dealkylation sites (tertiary alicyclic amines) is 1. The maximum absolute atomic E-state index is 11.7. The lowest BCUT2D eigenvalue weighted by Crippen LogP contribution is -3.00. The van der Waals surface area contributed by atoms with E-state index in [-0.39, 0.29) is 29.0 Å². The van der Waals surface area contributed by atoms with E-state index in [9.17, 15) is 9.90 Å². The standard InChI is InChI=1S/C10H15N3O3.BrH/c1-13(4-2-8(14)6-13)7-10(15)11-9-3-5-16-12-9;/h3,5,8,14H,2,4,6-7H2,1H3;1H. The summed E-state index contributed by atoms with van der Waals surface area (Å²) in [6.07, 6.45) is 1.88. The lowest BCUT2D eigenvalue weighted by Gasteiger charge is -2.27. The molecule has 1 aromatic rings. The predicted octanol–water partition coefficient (Wildman–Crippen LogP) is -3.17. The number of aliphatic hydroxyl groups is 1. The molecule has 1 aliphatic rings. The van der Waals surface area contributed by atoms with E-state index in [1.807, 2.05) is 7.05 Å². The Hall–Kier alpha value is -0.920. The summed E-state index contributed by atoms with van der Waals surface area (Å²) in [4.78, 5) is 11.7. The fraction of sp³-hybridized carbons (Fsp3) is 0.600. The third-order valence-electron chi connectivity index (χ3n) is 2.88. The second-order valence-electron chi connectivity index (χ2n) is 4.56. The van der Waals surface area contributed by atoms with Crippen LogP contribution in [-0.2, 0) is 4.79 Å². The van der Waals surface area contributed by atoms with Gasteiger partial charge in [0.15, 0.2) is 12.4 Å². The van der Waals surface area contributed by atoms with Crippen molar-refractivity contribution in [3.05, 3.63) is 12.3 Å². The van der Waals surface area contributed by atoms with Gasteiger partial charge in [-0.25, -0.2) is 0 Å². The van der Waals surface area contributed by atoms with E-state index in [1.54, 1.807) is 6.07 Å². The van der Waals surface area contributed by atoms with Crippen molar-refractivity contribution in [1.82, 2.24) is 5.16 Å². The number of quaternary nitrogens is 1. The van der Waals surface area contributed by atoms with Gasteiger partial charge in [-0.1, -0.05) is 5.16 Å². The normalized spacial score (nSPS) is 27.5. The Morgan fingerprint density at radius 1 is 1.76 bits per heavy atom. The molecular weight excluding hydrogens is 290 g/mol. The number of nitrogens with one attached hydrogen (secondary N) is 1. The molecule has 1 fully saturated rings. The van der Waals surface area contributed by atoms with Crippen molar-refractivity contribution in [1.29, 1.82) is 0 Å². The van der Waals surface area contributed by atoms with Gasteiger partial charge >= 0.3 is 0 Å². The quantitative estimate of drug-likeness (QED) is 0.578. The van der Waals surface area contributed by atoms with E-state index < -0.39 is 0 Å². The molecule has 2 rings (SSSR count). The molecule has 0 aromatic carbocycles. The number of rotatable bonds is 3. The number of anilines is 1. The van der Waals surface area contributed by atoms with Crippen molar-refractivity contribution in [3.8, 4) is 0 Å². The van der Waals surface area contributed by atoms with Crippen LogP contribution in [0.1, 0.15) is 6.42 Å². The van der Waals surface area contributed by atoms with Gasteiger partial charge in [-0.15, -0.1) is 0 Å². The smallest absolute Gasteiger partial charge is 0.280 e. The van der Waals surface area contributed by atoms with E-state index in [0.29, 0.717) is 23.4 Å². The number of carbonyl (C=O) groups is 1. The number of hydrogen-bond donors (Lipinski definition) is 2. The molecule has 0 bridgehead atoms. The molecule has 7 heteroatoms. The lowest BCUT2D eigenvalue weighted by atomic mass is 10.3. The molecule has 2 atom stereocenters.